The third-order valence-corrected chi connectivity index (χ3v) is 5.60. The normalized spacial score (nSPS) is 18.4. The monoisotopic (exact) mass is 435 g/mol. The molecule has 0 aliphatic carbocycles. The lowest BCUT2D eigenvalue weighted by Gasteiger charge is -2.36. The molecule has 1 amide bonds. The van der Waals surface area contributed by atoms with Crippen molar-refractivity contribution in [2.45, 2.75) is 25.0 Å². The number of halogens is 2. The Balaban J connectivity index is 1.92. The number of benzene rings is 1. The van der Waals surface area contributed by atoms with E-state index in [9.17, 15) is 28.3 Å². The van der Waals surface area contributed by atoms with Gasteiger partial charge in [0, 0.05) is 37.5 Å². The lowest BCUT2D eigenvalue weighted by atomic mass is 9.96. The predicted molar refractivity (Wildman–Crippen MR) is 107 cm³/mol. The number of pyridine rings is 1. The Morgan fingerprint density at radius 1 is 1.39 bits per heavy atom. The van der Waals surface area contributed by atoms with E-state index in [2.05, 4.69) is 5.32 Å². The number of likely N-dealkylation sites (N-methyl/N-ethyl adjacent to an activating group) is 1. The molecule has 0 saturated carbocycles. The van der Waals surface area contributed by atoms with Crippen LogP contribution in [0.25, 0.3) is 0 Å². The largest absolute Gasteiger partial charge is 0.503 e. The third-order valence-electron chi connectivity index (χ3n) is 5.60. The van der Waals surface area contributed by atoms with Crippen LogP contribution in [0.15, 0.2) is 29.2 Å². The first-order chi connectivity index (χ1) is 14.7. The lowest BCUT2D eigenvalue weighted by molar-refractivity contribution is 0.0894. The second-order valence-electron chi connectivity index (χ2n) is 7.69. The highest BCUT2D eigenvalue weighted by Crippen LogP contribution is 2.27. The van der Waals surface area contributed by atoms with Crippen LogP contribution >= 0.6 is 0 Å². The minimum Gasteiger partial charge on any atom is -0.503 e. The molecule has 2 N–H and O–H groups in total. The van der Waals surface area contributed by atoms with Gasteiger partial charge in [0.25, 0.3) is 5.91 Å². The highest BCUT2D eigenvalue weighted by atomic mass is 19.1. The van der Waals surface area contributed by atoms with Crippen LogP contribution in [-0.4, -0.2) is 59.6 Å². The molecular weight excluding hydrogens is 412 g/mol. The van der Waals surface area contributed by atoms with Crippen LogP contribution in [0.1, 0.15) is 32.8 Å². The summed E-state index contributed by atoms with van der Waals surface area (Å²) in [6.07, 6.45) is 2.20. The standard InChI is InChI=1S/C21H23F2N3O5/c1-25(2)21(5-6-31-12-21)11-26-9-15(18(28)19(29)17(26)10-27)20(30)24-8-13-3-4-14(22)7-16(13)23/h3-4,7,9-10,29H,5-6,8,11-12H2,1-2H3,(H,24,30). The second-order valence-corrected chi connectivity index (χ2v) is 7.69. The molecule has 1 atom stereocenters. The summed E-state index contributed by atoms with van der Waals surface area (Å²) in [7, 11) is 3.70. The molecule has 0 bridgehead atoms. The number of ether oxygens (including phenoxy) is 1. The van der Waals surface area contributed by atoms with Gasteiger partial charge in [-0.2, -0.15) is 0 Å². The van der Waals surface area contributed by atoms with E-state index in [1.807, 2.05) is 19.0 Å². The Labute approximate surface area is 177 Å². The number of hydrogen-bond acceptors (Lipinski definition) is 6. The Morgan fingerprint density at radius 3 is 2.71 bits per heavy atom. The van der Waals surface area contributed by atoms with E-state index in [1.54, 1.807) is 0 Å². The molecule has 2 aromatic rings. The van der Waals surface area contributed by atoms with E-state index in [0.29, 0.717) is 32.0 Å². The van der Waals surface area contributed by atoms with E-state index < -0.39 is 39.8 Å². The van der Waals surface area contributed by atoms with E-state index in [1.165, 1.54) is 16.8 Å². The van der Waals surface area contributed by atoms with Crippen LogP contribution in [0.4, 0.5) is 8.78 Å². The molecule has 1 saturated heterocycles. The Bertz CT molecular complexity index is 1060. The third kappa shape index (κ3) is 4.49. The maximum atomic E-state index is 13.8. The average Bonchev–Trinajstić information content (AvgIpc) is 3.20. The van der Waals surface area contributed by atoms with Gasteiger partial charge in [-0.05, 0) is 26.6 Å². The number of nitrogens with one attached hydrogen (secondary N) is 1. The lowest BCUT2D eigenvalue weighted by Crippen LogP contribution is -2.49. The van der Waals surface area contributed by atoms with Gasteiger partial charge in [0.1, 0.15) is 22.9 Å². The summed E-state index contributed by atoms with van der Waals surface area (Å²) in [6.45, 7) is 0.777. The van der Waals surface area contributed by atoms with Gasteiger partial charge in [-0.15, -0.1) is 0 Å². The topological polar surface area (TPSA) is 101 Å². The van der Waals surface area contributed by atoms with Gasteiger partial charge in [0.2, 0.25) is 5.43 Å². The van der Waals surface area contributed by atoms with Crippen LogP contribution in [-0.2, 0) is 17.8 Å². The van der Waals surface area contributed by atoms with Crippen molar-refractivity contribution in [1.29, 1.82) is 0 Å². The molecule has 2 heterocycles. The van der Waals surface area contributed by atoms with Gasteiger partial charge in [0.15, 0.2) is 12.0 Å². The average molecular weight is 435 g/mol. The van der Waals surface area contributed by atoms with Crippen LogP contribution < -0.4 is 10.7 Å². The predicted octanol–water partition coefficient (Wildman–Crippen LogP) is 1.30. The van der Waals surface area contributed by atoms with Crippen molar-refractivity contribution in [2.75, 3.05) is 27.3 Å². The molecule has 31 heavy (non-hydrogen) atoms. The first-order valence-electron chi connectivity index (χ1n) is 9.57. The zero-order valence-electron chi connectivity index (χ0n) is 17.2. The van der Waals surface area contributed by atoms with Crippen molar-refractivity contribution in [1.82, 2.24) is 14.8 Å². The fourth-order valence-electron chi connectivity index (χ4n) is 3.55. The molecule has 0 radical (unpaired) electrons. The molecule has 8 nitrogen and oxygen atoms in total. The Morgan fingerprint density at radius 2 is 2.13 bits per heavy atom. The van der Waals surface area contributed by atoms with Crippen molar-refractivity contribution < 1.29 is 28.2 Å². The fraction of sp³-hybridized carbons (Fsp3) is 0.381. The summed E-state index contributed by atoms with van der Waals surface area (Å²) in [6, 6.07) is 2.91. The molecule has 1 aliphatic heterocycles. The highest BCUT2D eigenvalue weighted by molar-refractivity contribution is 5.95. The summed E-state index contributed by atoms with van der Waals surface area (Å²) in [5.41, 5.74) is -2.14. The van der Waals surface area contributed by atoms with Gasteiger partial charge >= 0.3 is 0 Å². The SMILES string of the molecule is CN(C)C1(Cn2cc(C(=O)NCc3ccc(F)cc3F)c(=O)c(O)c2C=O)CCOC1. The second kappa shape index (κ2) is 8.94. The number of rotatable bonds is 7. The van der Waals surface area contributed by atoms with Crippen molar-refractivity contribution in [2.24, 2.45) is 0 Å². The summed E-state index contributed by atoms with van der Waals surface area (Å²) in [5.74, 6) is -3.30. The Hall–Kier alpha value is -3.11. The smallest absolute Gasteiger partial charge is 0.257 e. The highest BCUT2D eigenvalue weighted by Gasteiger charge is 2.38. The number of nitrogens with zero attached hydrogens (tertiary/aromatic N) is 2. The minimum absolute atomic E-state index is 0.0264. The summed E-state index contributed by atoms with van der Waals surface area (Å²) in [4.78, 5) is 38.6. The number of aromatic hydroxyl groups is 1. The molecule has 1 fully saturated rings. The molecular formula is C21H23F2N3O5. The molecule has 1 aliphatic rings. The number of amides is 1. The van der Waals surface area contributed by atoms with Gasteiger partial charge in [-0.1, -0.05) is 6.07 Å². The summed E-state index contributed by atoms with van der Waals surface area (Å²) < 4.78 is 33.7. The molecule has 3 rings (SSSR count). The van der Waals surface area contributed by atoms with E-state index >= 15 is 0 Å². The minimum atomic E-state index is -1.02. The van der Waals surface area contributed by atoms with Gasteiger partial charge in [-0.3, -0.25) is 19.3 Å². The fourth-order valence-corrected chi connectivity index (χ4v) is 3.55. The molecule has 1 unspecified atom stereocenters. The molecule has 1 aromatic heterocycles. The van der Waals surface area contributed by atoms with E-state index in [0.717, 1.165) is 6.07 Å². The first kappa shape index (κ1) is 22.6. The number of carbonyl (C=O) groups is 2. The van der Waals surface area contributed by atoms with Gasteiger partial charge in [-0.25, -0.2) is 8.78 Å². The zero-order chi connectivity index (χ0) is 22.8. The van der Waals surface area contributed by atoms with Crippen molar-refractivity contribution in [3.63, 3.8) is 0 Å². The zero-order valence-corrected chi connectivity index (χ0v) is 17.2. The van der Waals surface area contributed by atoms with Gasteiger partial charge < -0.3 is 19.7 Å². The van der Waals surface area contributed by atoms with Crippen molar-refractivity contribution in [3.8, 4) is 5.75 Å². The maximum Gasteiger partial charge on any atom is 0.257 e. The molecule has 0 spiro atoms. The van der Waals surface area contributed by atoms with Crippen LogP contribution in [0, 0.1) is 11.6 Å². The number of carbonyl (C=O) groups excluding carboxylic acids is 2. The van der Waals surface area contributed by atoms with Crippen LogP contribution in [0.5, 0.6) is 5.75 Å². The molecule has 1 aromatic carbocycles. The molecule has 166 valence electrons. The van der Waals surface area contributed by atoms with E-state index in [-0.39, 0.29) is 24.3 Å². The Kier molecular flexibility index (Phi) is 6.51. The van der Waals surface area contributed by atoms with Crippen LogP contribution in [0.3, 0.4) is 0 Å². The quantitative estimate of drug-likeness (QED) is 0.636. The number of aldehydes is 1. The summed E-state index contributed by atoms with van der Waals surface area (Å²) >= 11 is 0. The maximum absolute atomic E-state index is 13.8. The number of hydrogen-bond donors (Lipinski definition) is 2. The molecule has 10 heteroatoms. The summed E-state index contributed by atoms with van der Waals surface area (Å²) in [5, 5.41) is 12.7. The van der Waals surface area contributed by atoms with E-state index in [4.69, 9.17) is 4.74 Å². The van der Waals surface area contributed by atoms with Gasteiger partial charge in [0.05, 0.1) is 12.1 Å². The van der Waals surface area contributed by atoms with Crippen molar-refractivity contribution >= 4 is 12.2 Å². The number of aromatic nitrogens is 1. The van der Waals surface area contributed by atoms with Crippen molar-refractivity contribution in [3.05, 3.63) is 63.1 Å². The first-order valence-corrected chi connectivity index (χ1v) is 9.57. The van der Waals surface area contributed by atoms with Crippen LogP contribution in [0.2, 0.25) is 0 Å².